The first-order chi connectivity index (χ1) is 14.9. The van der Waals surface area contributed by atoms with E-state index in [4.69, 9.17) is 4.74 Å². The third-order valence-electron chi connectivity index (χ3n) is 6.89. The Kier molecular flexibility index (Phi) is 6.36. The van der Waals surface area contributed by atoms with Gasteiger partial charge in [0.25, 0.3) is 0 Å². The highest BCUT2D eigenvalue weighted by Crippen LogP contribution is 2.43. The molecule has 31 heavy (non-hydrogen) atoms. The number of likely N-dealkylation sites (tertiary alicyclic amines) is 1. The number of hydrogen-bond acceptors (Lipinski definition) is 6. The highest BCUT2D eigenvalue weighted by atomic mass is 16.6. The van der Waals surface area contributed by atoms with E-state index in [2.05, 4.69) is 20.1 Å². The third kappa shape index (κ3) is 4.79. The van der Waals surface area contributed by atoms with Crippen molar-refractivity contribution in [3.8, 4) is 0 Å². The number of carbonyl (C=O) groups is 2. The Morgan fingerprint density at radius 1 is 1.23 bits per heavy atom. The number of hydrogen-bond donors (Lipinski definition) is 2. The molecule has 4 rings (SSSR count). The van der Waals surface area contributed by atoms with Crippen LogP contribution in [0.25, 0.3) is 0 Å². The predicted molar refractivity (Wildman–Crippen MR) is 118 cm³/mol. The van der Waals surface area contributed by atoms with Crippen molar-refractivity contribution in [3.05, 3.63) is 18.3 Å². The smallest absolute Gasteiger partial charge is 0.411 e. The number of aliphatic hydroxyl groups is 1. The molecule has 0 aromatic carbocycles. The summed E-state index contributed by atoms with van der Waals surface area (Å²) in [5.74, 6) is 1.11. The first-order valence-corrected chi connectivity index (χ1v) is 11.5. The van der Waals surface area contributed by atoms with Gasteiger partial charge in [-0.1, -0.05) is 0 Å². The standard InChI is InChI=1S/C23H34N4O4/c1-16(2)31-22(30)25-17-4-9-20(24-14-17)26-12-3-10-23(15-26)11-13-27(21(23)29)18-5-7-19(28)8-6-18/h4,9,14,16,18-19,28H,3,5-8,10-13,15H2,1-2H3,(H,25,30)/t18?,19?,23-/m1/s1. The van der Waals surface area contributed by atoms with Crippen LogP contribution in [-0.2, 0) is 9.53 Å². The number of anilines is 2. The zero-order chi connectivity index (χ0) is 22.0. The molecule has 3 aliphatic rings. The van der Waals surface area contributed by atoms with Crippen LogP contribution < -0.4 is 10.2 Å². The van der Waals surface area contributed by atoms with E-state index in [-0.39, 0.29) is 29.6 Å². The van der Waals surface area contributed by atoms with Crippen molar-refractivity contribution >= 4 is 23.5 Å². The van der Waals surface area contributed by atoms with Gasteiger partial charge in [-0.05, 0) is 70.9 Å². The van der Waals surface area contributed by atoms with Crippen molar-refractivity contribution in [2.45, 2.75) is 77.0 Å². The summed E-state index contributed by atoms with van der Waals surface area (Å²) in [5, 5.41) is 12.5. The Bertz CT molecular complexity index is 791. The van der Waals surface area contributed by atoms with Crippen LogP contribution in [0.2, 0.25) is 0 Å². The lowest BCUT2D eigenvalue weighted by Gasteiger charge is -2.41. The number of aliphatic hydroxyl groups excluding tert-OH is 1. The number of piperidine rings is 1. The summed E-state index contributed by atoms with van der Waals surface area (Å²) in [5.41, 5.74) is 0.261. The lowest BCUT2D eigenvalue weighted by molar-refractivity contribution is -0.139. The first-order valence-electron chi connectivity index (χ1n) is 11.5. The zero-order valence-corrected chi connectivity index (χ0v) is 18.5. The normalized spacial score (nSPS) is 29.0. The van der Waals surface area contributed by atoms with Gasteiger partial charge in [0.15, 0.2) is 0 Å². The van der Waals surface area contributed by atoms with Crippen molar-refractivity contribution in [3.63, 3.8) is 0 Å². The maximum Gasteiger partial charge on any atom is 0.411 e. The van der Waals surface area contributed by atoms with E-state index in [0.29, 0.717) is 12.2 Å². The molecule has 3 fully saturated rings. The molecule has 1 spiro atoms. The maximum absolute atomic E-state index is 13.5. The van der Waals surface area contributed by atoms with Crippen molar-refractivity contribution in [2.24, 2.45) is 5.41 Å². The fourth-order valence-corrected chi connectivity index (χ4v) is 5.28. The van der Waals surface area contributed by atoms with E-state index in [1.54, 1.807) is 20.0 Å². The number of pyridine rings is 1. The molecule has 1 aliphatic carbocycles. The van der Waals surface area contributed by atoms with E-state index in [1.165, 1.54) is 0 Å². The van der Waals surface area contributed by atoms with Crippen LogP contribution in [0.1, 0.15) is 58.8 Å². The summed E-state index contributed by atoms with van der Waals surface area (Å²) in [7, 11) is 0. The third-order valence-corrected chi connectivity index (χ3v) is 6.89. The number of aromatic nitrogens is 1. The van der Waals surface area contributed by atoms with Crippen LogP contribution in [0.4, 0.5) is 16.3 Å². The minimum atomic E-state index is -0.492. The average Bonchev–Trinajstić information content (AvgIpc) is 3.04. The van der Waals surface area contributed by atoms with Gasteiger partial charge in [-0.15, -0.1) is 0 Å². The van der Waals surface area contributed by atoms with Crippen LogP contribution >= 0.6 is 0 Å². The quantitative estimate of drug-likeness (QED) is 0.762. The SMILES string of the molecule is CC(C)OC(=O)Nc1ccc(N2CCC[C@@]3(CCN(C4CCC(O)CC4)C3=O)C2)nc1. The molecule has 3 heterocycles. The molecule has 1 aromatic heterocycles. The predicted octanol–water partition coefficient (Wildman–Crippen LogP) is 3.16. The van der Waals surface area contributed by atoms with Gasteiger partial charge in [-0.2, -0.15) is 0 Å². The summed E-state index contributed by atoms with van der Waals surface area (Å²) in [4.78, 5) is 34.1. The van der Waals surface area contributed by atoms with Crippen LogP contribution in [0, 0.1) is 5.41 Å². The van der Waals surface area contributed by atoms with Gasteiger partial charge in [0, 0.05) is 25.7 Å². The second-order valence-corrected chi connectivity index (χ2v) is 9.50. The minimum absolute atomic E-state index is 0.182. The second kappa shape index (κ2) is 9.02. The average molecular weight is 431 g/mol. The Morgan fingerprint density at radius 2 is 2.00 bits per heavy atom. The molecular formula is C23H34N4O4. The number of nitrogens with zero attached hydrogens (tertiary/aromatic N) is 3. The van der Waals surface area contributed by atoms with Gasteiger partial charge < -0.3 is 19.6 Å². The van der Waals surface area contributed by atoms with E-state index in [0.717, 1.165) is 63.9 Å². The number of carbonyl (C=O) groups excluding carboxylic acids is 2. The lowest BCUT2D eigenvalue weighted by Crippen LogP contribution is -2.50. The molecule has 1 saturated carbocycles. The van der Waals surface area contributed by atoms with E-state index >= 15 is 0 Å². The molecule has 1 aromatic rings. The number of amides is 2. The van der Waals surface area contributed by atoms with E-state index in [1.807, 2.05) is 12.1 Å². The largest absolute Gasteiger partial charge is 0.447 e. The van der Waals surface area contributed by atoms with Gasteiger partial charge in [0.1, 0.15) is 5.82 Å². The van der Waals surface area contributed by atoms with E-state index in [9.17, 15) is 14.7 Å². The van der Waals surface area contributed by atoms with Gasteiger partial charge >= 0.3 is 6.09 Å². The summed E-state index contributed by atoms with van der Waals surface area (Å²) in [6.07, 6.45) is 6.93. The van der Waals surface area contributed by atoms with Crippen LogP contribution in [0.5, 0.6) is 0 Å². The lowest BCUT2D eigenvalue weighted by atomic mass is 9.78. The molecular weight excluding hydrogens is 396 g/mol. The maximum atomic E-state index is 13.5. The highest BCUT2D eigenvalue weighted by Gasteiger charge is 2.50. The van der Waals surface area contributed by atoms with Gasteiger partial charge in [-0.25, -0.2) is 9.78 Å². The molecule has 2 aliphatic heterocycles. The van der Waals surface area contributed by atoms with Gasteiger partial charge in [0.2, 0.25) is 5.91 Å². The topological polar surface area (TPSA) is 95.0 Å². The van der Waals surface area contributed by atoms with Gasteiger partial charge in [-0.3, -0.25) is 10.1 Å². The molecule has 0 unspecified atom stereocenters. The Labute approximate surface area is 184 Å². The van der Waals surface area contributed by atoms with Gasteiger partial charge in [0.05, 0.1) is 29.5 Å². The fraction of sp³-hybridized carbons (Fsp3) is 0.696. The molecule has 8 heteroatoms. The monoisotopic (exact) mass is 430 g/mol. The van der Waals surface area contributed by atoms with Crippen LogP contribution in [0.3, 0.4) is 0 Å². The molecule has 8 nitrogen and oxygen atoms in total. The van der Waals surface area contributed by atoms with E-state index < -0.39 is 6.09 Å². The summed E-state index contributed by atoms with van der Waals surface area (Å²) < 4.78 is 5.10. The van der Waals surface area contributed by atoms with Crippen LogP contribution in [-0.4, -0.2) is 64.9 Å². The van der Waals surface area contributed by atoms with Crippen LogP contribution in [0.15, 0.2) is 18.3 Å². The Balaban J connectivity index is 1.39. The molecule has 2 N–H and O–H groups in total. The molecule has 2 saturated heterocycles. The molecule has 2 amide bonds. The summed E-state index contributed by atoms with van der Waals surface area (Å²) in [6, 6.07) is 3.99. The summed E-state index contributed by atoms with van der Waals surface area (Å²) in [6.45, 7) is 5.99. The first kappa shape index (κ1) is 21.9. The van der Waals surface area contributed by atoms with Crippen molar-refractivity contribution in [1.82, 2.24) is 9.88 Å². The fourth-order valence-electron chi connectivity index (χ4n) is 5.28. The summed E-state index contributed by atoms with van der Waals surface area (Å²) >= 11 is 0. The molecule has 1 atom stereocenters. The Morgan fingerprint density at radius 3 is 2.68 bits per heavy atom. The van der Waals surface area contributed by atoms with Crippen molar-refractivity contribution < 1.29 is 19.4 Å². The molecule has 0 radical (unpaired) electrons. The number of rotatable bonds is 4. The minimum Gasteiger partial charge on any atom is -0.447 e. The Hall–Kier alpha value is -2.35. The van der Waals surface area contributed by atoms with Crippen molar-refractivity contribution in [2.75, 3.05) is 29.9 Å². The highest BCUT2D eigenvalue weighted by molar-refractivity contribution is 5.86. The zero-order valence-electron chi connectivity index (χ0n) is 18.5. The number of ether oxygens (including phenoxy) is 1. The number of nitrogens with one attached hydrogen (secondary N) is 1. The second-order valence-electron chi connectivity index (χ2n) is 9.50. The molecule has 0 bridgehead atoms. The van der Waals surface area contributed by atoms with Crippen molar-refractivity contribution in [1.29, 1.82) is 0 Å². The molecule has 170 valence electrons.